The van der Waals surface area contributed by atoms with Crippen molar-refractivity contribution in [3.63, 3.8) is 0 Å². The maximum absolute atomic E-state index is 13.8. The van der Waals surface area contributed by atoms with E-state index in [1.807, 2.05) is 6.92 Å². The van der Waals surface area contributed by atoms with Gasteiger partial charge in [0.1, 0.15) is 11.3 Å². The summed E-state index contributed by atoms with van der Waals surface area (Å²) in [4.78, 5) is 12.6. The Bertz CT molecular complexity index is 1200. The van der Waals surface area contributed by atoms with Gasteiger partial charge in [0.15, 0.2) is 0 Å². The van der Waals surface area contributed by atoms with Crippen LogP contribution in [-0.4, -0.2) is 46.7 Å². The first kappa shape index (κ1) is 21.4. The van der Waals surface area contributed by atoms with Crippen LogP contribution in [0.3, 0.4) is 0 Å². The molecule has 0 radical (unpaired) electrons. The number of halogens is 1. The number of rotatable bonds is 6. The number of nitrogens with one attached hydrogen (secondary N) is 1. The van der Waals surface area contributed by atoms with Gasteiger partial charge in [-0.2, -0.15) is 4.31 Å². The molecule has 8 nitrogen and oxygen atoms in total. The number of benzene rings is 2. The van der Waals surface area contributed by atoms with Gasteiger partial charge in [0.2, 0.25) is 15.9 Å². The zero-order valence-corrected chi connectivity index (χ0v) is 18.0. The van der Waals surface area contributed by atoms with E-state index in [1.54, 1.807) is 35.0 Å². The van der Waals surface area contributed by atoms with Crippen LogP contribution in [-0.2, 0) is 21.4 Å². The second kappa shape index (κ2) is 8.72. The summed E-state index contributed by atoms with van der Waals surface area (Å²) in [5, 5.41) is 10.8. The Morgan fingerprint density at radius 3 is 2.65 bits per heavy atom. The van der Waals surface area contributed by atoms with Crippen LogP contribution in [0.2, 0.25) is 0 Å². The molecule has 1 aromatic heterocycles. The Hall–Kier alpha value is -2.85. The molecule has 1 fully saturated rings. The van der Waals surface area contributed by atoms with Crippen molar-refractivity contribution >= 4 is 32.7 Å². The van der Waals surface area contributed by atoms with E-state index in [9.17, 15) is 17.6 Å². The van der Waals surface area contributed by atoms with E-state index >= 15 is 0 Å². The van der Waals surface area contributed by atoms with Crippen LogP contribution in [0.25, 0.3) is 11.0 Å². The van der Waals surface area contributed by atoms with Crippen LogP contribution in [0.1, 0.15) is 26.2 Å². The van der Waals surface area contributed by atoms with E-state index in [0.29, 0.717) is 24.9 Å². The molecule has 2 heterocycles. The highest BCUT2D eigenvalue weighted by Gasteiger charge is 2.32. The third kappa shape index (κ3) is 4.31. The molecule has 1 aliphatic rings. The minimum absolute atomic E-state index is 0.131. The summed E-state index contributed by atoms with van der Waals surface area (Å²) in [6.07, 6.45) is 1.64. The first-order valence-corrected chi connectivity index (χ1v) is 11.7. The highest BCUT2D eigenvalue weighted by molar-refractivity contribution is 7.89. The molecule has 2 aromatic carbocycles. The molecule has 0 aliphatic carbocycles. The number of fused-ring (bicyclic) bond motifs is 1. The van der Waals surface area contributed by atoms with Gasteiger partial charge < -0.3 is 5.32 Å². The van der Waals surface area contributed by atoms with Gasteiger partial charge in [-0.15, -0.1) is 5.10 Å². The van der Waals surface area contributed by atoms with Crippen molar-refractivity contribution in [1.82, 2.24) is 19.3 Å². The molecule has 0 unspecified atom stereocenters. The molecular formula is C21H24FN5O3S. The van der Waals surface area contributed by atoms with Crippen LogP contribution in [0, 0.1) is 11.7 Å². The van der Waals surface area contributed by atoms with Crippen LogP contribution < -0.4 is 5.32 Å². The van der Waals surface area contributed by atoms with Gasteiger partial charge in [-0.05, 0) is 49.6 Å². The number of piperidine rings is 1. The highest BCUT2D eigenvalue weighted by Crippen LogP contribution is 2.27. The summed E-state index contributed by atoms with van der Waals surface area (Å²) in [5.74, 6) is -1.17. The standard InChI is InChI=1S/C21H24FN5O3S/c1-2-11-27-20-8-7-16(14-19(20)24-25-27)31(29,30)26-12-9-15(10-13-26)21(28)23-18-6-4-3-5-17(18)22/h3-8,14-15H,2,9-13H2,1H3,(H,23,28). The maximum atomic E-state index is 13.8. The van der Waals surface area contributed by atoms with E-state index < -0.39 is 15.8 Å². The molecule has 3 aromatic rings. The van der Waals surface area contributed by atoms with Gasteiger partial charge in [-0.25, -0.2) is 17.5 Å². The molecule has 4 rings (SSSR count). The fraction of sp³-hybridized carbons (Fsp3) is 0.381. The fourth-order valence-corrected chi connectivity index (χ4v) is 5.28. The van der Waals surface area contributed by atoms with Crippen LogP contribution in [0.5, 0.6) is 0 Å². The van der Waals surface area contributed by atoms with E-state index in [0.717, 1.165) is 11.9 Å². The van der Waals surface area contributed by atoms with Crippen molar-refractivity contribution in [2.45, 2.75) is 37.6 Å². The third-order valence-electron chi connectivity index (χ3n) is 5.52. The van der Waals surface area contributed by atoms with E-state index in [-0.39, 0.29) is 35.5 Å². The number of carbonyl (C=O) groups is 1. The number of aryl methyl sites for hydroxylation is 1. The van der Waals surface area contributed by atoms with E-state index in [1.165, 1.54) is 16.4 Å². The number of hydrogen-bond donors (Lipinski definition) is 1. The van der Waals surface area contributed by atoms with Gasteiger partial charge in [0, 0.05) is 25.6 Å². The van der Waals surface area contributed by atoms with Crippen molar-refractivity contribution in [3.8, 4) is 0 Å². The average molecular weight is 446 g/mol. The number of hydrogen-bond acceptors (Lipinski definition) is 5. The molecule has 0 spiro atoms. The van der Waals surface area contributed by atoms with Crippen LogP contribution in [0.15, 0.2) is 47.4 Å². The van der Waals surface area contributed by atoms with Gasteiger partial charge in [0.05, 0.1) is 16.1 Å². The normalized spacial score (nSPS) is 15.9. The lowest BCUT2D eigenvalue weighted by molar-refractivity contribution is -0.120. The number of para-hydroxylation sites is 1. The lowest BCUT2D eigenvalue weighted by atomic mass is 9.97. The van der Waals surface area contributed by atoms with Crippen molar-refractivity contribution in [3.05, 3.63) is 48.3 Å². The van der Waals surface area contributed by atoms with Crippen molar-refractivity contribution in [2.24, 2.45) is 5.92 Å². The second-order valence-corrected chi connectivity index (χ2v) is 9.55. The van der Waals surface area contributed by atoms with Crippen LogP contribution in [0.4, 0.5) is 10.1 Å². The SMILES string of the molecule is CCCn1nnc2cc(S(=O)(=O)N3CCC(C(=O)Nc4ccccc4F)CC3)ccc21. The minimum Gasteiger partial charge on any atom is -0.323 e. The Morgan fingerprint density at radius 1 is 1.19 bits per heavy atom. The van der Waals surface area contributed by atoms with Gasteiger partial charge in [0.25, 0.3) is 0 Å². The smallest absolute Gasteiger partial charge is 0.243 e. The molecule has 1 saturated heterocycles. The topological polar surface area (TPSA) is 97.2 Å². The number of amides is 1. The van der Waals surface area contributed by atoms with Gasteiger partial charge in [-0.1, -0.05) is 24.3 Å². The minimum atomic E-state index is -3.71. The number of carbonyl (C=O) groups excluding carboxylic acids is 1. The summed E-state index contributed by atoms with van der Waals surface area (Å²) >= 11 is 0. The summed E-state index contributed by atoms with van der Waals surface area (Å²) in [6, 6.07) is 10.8. The van der Waals surface area contributed by atoms with Crippen molar-refractivity contribution in [1.29, 1.82) is 0 Å². The monoisotopic (exact) mass is 445 g/mol. The molecule has 164 valence electrons. The summed E-state index contributed by atoms with van der Waals surface area (Å²) in [7, 11) is -3.71. The van der Waals surface area contributed by atoms with Crippen molar-refractivity contribution < 1.29 is 17.6 Å². The summed E-state index contributed by atoms with van der Waals surface area (Å²) in [5.41, 5.74) is 1.46. The Labute approximate surface area is 180 Å². The predicted molar refractivity (Wildman–Crippen MR) is 114 cm³/mol. The molecule has 1 amide bonds. The largest absolute Gasteiger partial charge is 0.323 e. The van der Waals surface area contributed by atoms with E-state index in [4.69, 9.17) is 0 Å². The molecule has 1 aliphatic heterocycles. The molecule has 0 bridgehead atoms. The highest BCUT2D eigenvalue weighted by atomic mass is 32.2. The van der Waals surface area contributed by atoms with E-state index in [2.05, 4.69) is 15.6 Å². The molecule has 0 atom stereocenters. The first-order chi connectivity index (χ1) is 14.9. The van der Waals surface area contributed by atoms with Gasteiger partial charge >= 0.3 is 0 Å². The van der Waals surface area contributed by atoms with Crippen molar-refractivity contribution in [2.75, 3.05) is 18.4 Å². The molecule has 10 heteroatoms. The fourth-order valence-electron chi connectivity index (χ4n) is 3.79. The predicted octanol–water partition coefficient (Wildman–Crippen LogP) is 3.02. The molecule has 0 saturated carbocycles. The molecular weight excluding hydrogens is 421 g/mol. The lowest BCUT2D eigenvalue weighted by Crippen LogP contribution is -2.41. The average Bonchev–Trinajstić information content (AvgIpc) is 3.18. The third-order valence-corrected chi connectivity index (χ3v) is 7.41. The Morgan fingerprint density at radius 2 is 1.94 bits per heavy atom. The zero-order valence-electron chi connectivity index (χ0n) is 17.2. The quantitative estimate of drug-likeness (QED) is 0.629. The lowest BCUT2D eigenvalue weighted by Gasteiger charge is -2.30. The summed E-state index contributed by atoms with van der Waals surface area (Å²) < 4.78 is 43.1. The molecule has 31 heavy (non-hydrogen) atoms. The number of sulfonamides is 1. The summed E-state index contributed by atoms with van der Waals surface area (Å²) in [6.45, 7) is 3.19. The Kier molecular flexibility index (Phi) is 6.01. The number of nitrogens with zero attached hydrogens (tertiary/aromatic N) is 4. The maximum Gasteiger partial charge on any atom is 0.243 e. The number of anilines is 1. The van der Waals surface area contributed by atoms with Gasteiger partial charge in [-0.3, -0.25) is 4.79 Å². The van der Waals surface area contributed by atoms with Crippen LogP contribution >= 0.6 is 0 Å². The zero-order chi connectivity index (χ0) is 22.0. The molecule has 1 N–H and O–H groups in total. The Balaban J connectivity index is 1.43. The second-order valence-electron chi connectivity index (χ2n) is 7.61. The number of aromatic nitrogens is 3. The first-order valence-electron chi connectivity index (χ1n) is 10.3.